The minimum Gasteiger partial charge on any atom is -0.384 e. The molecule has 1 heterocycles. The molecular formula is C21H24FN3O3. The van der Waals surface area contributed by atoms with Crippen LogP contribution in [0.25, 0.3) is 11.3 Å². The van der Waals surface area contributed by atoms with Crippen molar-refractivity contribution in [3.8, 4) is 11.3 Å². The van der Waals surface area contributed by atoms with Crippen LogP contribution in [0.15, 0.2) is 42.6 Å². The van der Waals surface area contributed by atoms with Crippen molar-refractivity contribution in [1.29, 1.82) is 0 Å². The second-order valence-electron chi connectivity index (χ2n) is 7.15. The van der Waals surface area contributed by atoms with Crippen molar-refractivity contribution < 1.29 is 19.1 Å². The highest BCUT2D eigenvalue weighted by Gasteiger charge is 2.24. The lowest BCUT2D eigenvalue weighted by molar-refractivity contribution is -0.129. The van der Waals surface area contributed by atoms with Crippen LogP contribution in [0.3, 0.4) is 0 Å². The van der Waals surface area contributed by atoms with Gasteiger partial charge in [0.15, 0.2) is 0 Å². The van der Waals surface area contributed by atoms with Crippen LogP contribution in [-0.2, 0) is 4.79 Å². The standard InChI is InChI=1S/C21H24FN3O3/c1-13(26)20(27)24-17-6-8-18(9-7-17)25-21(28)15-5-10-19(23-12-15)14-3-2-4-16(22)11-14/h2-5,10-13,17-18,26H,6-9H2,1H3,(H,24,27)(H,25,28)/t13-,17?,18?/m0/s1. The molecule has 2 amide bonds. The van der Waals surface area contributed by atoms with Crippen LogP contribution in [0.2, 0.25) is 0 Å². The smallest absolute Gasteiger partial charge is 0.253 e. The minimum absolute atomic E-state index is 0.0301. The Balaban J connectivity index is 1.52. The van der Waals surface area contributed by atoms with Gasteiger partial charge in [-0.05, 0) is 56.9 Å². The Labute approximate surface area is 163 Å². The molecule has 0 saturated heterocycles. The number of nitrogens with one attached hydrogen (secondary N) is 2. The fraction of sp³-hybridized carbons (Fsp3) is 0.381. The zero-order valence-corrected chi connectivity index (χ0v) is 15.7. The molecule has 2 aromatic rings. The number of benzene rings is 1. The van der Waals surface area contributed by atoms with Crippen LogP contribution in [0.1, 0.15) is 43.0 Å². The maximum absolute atomic E-state index is 13.3. The van der Waals surface area contributed by atoms with E-state index in [0.29, 0.717) is 16.8 Å². The van der Waals surface area contributed by atoms with Crippen LogP contribution in [0.4, 0.5) is 4.39 Å². The Kier molecular flexibility index (Phi) is 6.36. The molecule has 6 nitrogen and oxygen atoms in total. The molecule has 3 rings (SSSR count). The first-order valence-electron chi connectivity index (χ1n) is 9.43. The summed E-state index contributed by atoms with van der Waals surface area (Å²) in [5.74, 6) is -0.895. The number of hydrogen-bond acceptors (Lipinski definition) is 4. The quantitative estimate of drug-likeness (QED) is 0.737. The van der Waals surface area contributed by atoms with E-state index in [2.05, 4.69) is 15.6 Å². The highest BCUT2D eigenvalue weighted by atomic mass is 19.1. The predicted molar refractivity (Wildman–Crippen MR) is 103 cm³/mol. The summed E-state index contributed by atoms with van der Waals surface area (Å²) in [5.41, 5.74) is 1.71. The number of pyridine rings is 1. The van der Waals surface area contributed by atoms with Crippen molar-refractivity contribution in [3.63, 3.8) is 0 Å². The molecule has 1 saturated carbocycles. The van der Waals surface area contributed by atoms with Crippen LogP contribution in [-0.4, -0.2) is 40.1 Å². The highest BCUT2D eigenvalue weighted by Crippen LogP contribution is 2.20. The lowest BCUT2D eigenvalue weighted by Crippen LogP contribution is -2.45. The van der Waals surface area contributed by atoms with Crippen molar-refractivity contribution in [2.75, 3.05) is 0 Å². The Hall–Kier alpha value is -2.80. The molecule has 0 bridgehead atoms. The molecule has 1 atom stereocenters. The van der Waals surface area contributed by atoms with Crippen LogP contribution < -0.4 is 10.6 Å². The molecule has 1 aliphatic rings. The summed E-state index contributed by atoms with van der Waals surface area (Å²) >= 11 is 0. The van der Waals surface area contributed by atoms with Gasteiger partial charge in [0.2, 0.25) is 5.91 Å². The fourth-order valence-electron chi connectivity index (χ4n) is 3.32. The molecule has 7 heteroatoms. The topological polar surface area (TPSA) is 91.3 Å². The second-order valence-corrected chi connectivity index (χ2v) is 7.15. The predicted octanol–water partition coefficient (Wildman–Crippen LogP) is 2.43. The normalized spacial score (nSPS) is 20.2. The number of nitrogens with zero attached hydrogens (tertiary/aromatic N) is 1. The van der Waals surface area contributed by atoms with Crippen molar-refractivity contribution in [2.24, 2.45) is 0 Å². The van der Waals surface area contributed by atoms with E-state index in [1.165, 1.54) is 25.3 Å². The second kappa shape index (κ2) is 8.93. The third-order valence-corrected chi connectivity index (χ3v) is 4.93. The molecule has 3 N–H and O–H groups in total. The molecule has 1 aliphatic carbocycles. The Morgan fingerprint density at radius 1 is 1.11 bits per heavy atom. The van der Waals surface area contributed by atoms with Gasteiger partial charge in [0.05, 0.1) is 11.3 Å². The molecule has 1 aromatic heterocycles. The van der Waals surface area contributed by atoms with E-state index < -0.39 is 6.10 Å². The first-order chi connectivity index (χ1) is 13.4. The van der Waals surface area contributed by atoms with E-state index >= 15 is 0 Å². The number of hydrogen-bond donors (Lipinski definition) is 3. The summed E-state index contributed by atoms with van der Waals surface area (Å²) in [6.07, 6.45) is 3.49. The summed E-state index contributed by atoms with van der Waals surface area (Å²) in [4.78, 5) is 28.3. The molecule has 0 spiro atoms. The van der Waals surface area contributed by atoms with Gasteiger partial charge >= 0.3 is 0 Å². The number of carbonyl (C=O) groups is 2. The van der Waals surface area contributed by atoms with Gasteiger partial charge in [-0.3, -0.25) is 14.6 Å². The molecule has 1 aromatic carbocycles. The van der Waals surface area contributed by atoms with Crippen molar-refractivity contribution in [2.45, 2.75) is 50.8 Å². The van der Waals surface area contributed by atoms with Crippen molar-refractivity contribution >= 4 is 11.8 Å². The van der Waals surface area contributed by atoms with Gasteiger partial charge in [0.25, 0.3) is 5.91 Å². The number of rotatable bonds is 5. The van der Waals surface area contributed by atoms with Gasteiger partial charge in [0.1, 0.15) is 11.9 Å². The summed E-state index contributed by atoms with van der Waals surface area (Å²) < 4.78 is 13.3. The van der Waals surface area contributed by atoms with E-state index in [0.717, 1.165) is 25.7 Å². The average Bonchev–Trinajstić information content (AvgIpc) is 2.69. The van der Waals surface area contributed by atoms with Gasteiger partial charge in [-0.1, -0.05) is 12.1 Å². The molecule has 148 valence electrons. The minimum atomic E-state index is -1.01. The van der Waals surface area contributed by atoms with Gasteiger partial charge in [0, 0.05) is 23.8 Å². The lowest BCUT2D eigenvalue weighted by atomic mass is 9.91. The lowest BCUT2D eigenvalue weighted by Gasteiger charge is -2.30. The molecule has 0 radical (unpaired) electrons. The van der Waals surface area contributed by atoms with Gasteiger partial charge in [-0.25, -0.2) is 4.39 Å². The number of aliphatic hydroxyl groups excluding tert-OH is 1. The van der Waals surface area contributed by atoms with Crippen molar-refractivity contribution in [1.82, 2.24) is 15.6 Å². The van der Waals surface area contributed by atoms with Gasteiger partial charge in [-0.2, -0.15) is 0 Å². The van der Waals surface area contributed by atoms with Gasteiger partial charge < -0.3 is 15.7 Å². The molecular weight excluding hydrogens is 361 g/mol. The first-order valence-corrected chi connectivity index (χ1v) is 9.43. The van der Waals surface area contributed by atoms with E-state index in [-0.39, 0.29) is 29.7 Å². The monoisotopic (exact) mass is 385 g/mol. The average molecular weight is 385 g/mol. The van der Waals surface area contributed by atoms with E-state index in [4.69, 9.17) is 0 Å². The largest absolute Gasteiger partial charge is 0.384 e. The molecule has 1 fully saturated rings. The molecule has 0 aliphatic heterocycles. The van der Waals surface area contributed by atoms with Crippen LogP contribution >= 0.6 is 0 Å². The first kappa shape index (κ1) is 19.9. The van der Waals surface area contributed by atoms with Crippen molar-refractivity contribution in [3.05, 3.63) is 54.0 Å². The third-order valence-electron chi connectivity index (χ3n) is 4.93. The molecule has 0 unspecified atom stereocenters. The zero-order chi connectivity index (χ0) is 20.1. The summed E-state index contributed by atoms with van der Waals surface area (Å²) in [6, 6.07) is 9.60. The van der Waals surface area contributed by atoms with Crippen LogP contribution in [0.5, 0.6) is 0 Å². The van der Waals surface area contributed by atoms with Gasteiger partial charge in [-0.15, -0.1) is 0 Å². The summed E-state index contributed by atoms with van der Waals surface area (Å²) in [5, 5.41) is 15.1. The number of carbonyl (C=O) groups excluding carboxylic acids is 2. The Bertz CT molecular complexity index is 831. The van der Waals surface area contributed by atoms with Crippen LogP contribution in [0, 0.1) is 5.82 Å². The maximum Gasteiger partial charge on any atom is 0.253 e. The summed E-state index contributed by atoms with van der Waals surface area (Å²) in [6.45, 7) is 1.44. The Morgan fingerprint density at radius 2 is 1.79 bits per heavy atom. The van der Waals surface area contributed by atoms with E-state index in [1.54, 1.807) is 24.3 Å². The molecule has 28 heavy (non-hydrogen) atoms. The van der Waals surface area contributed by atoms with E-state index in [9.17, 15) is 19.1 Å². The number of halogens is 1. The summed E-state index contributed by atoms with van der Waals surface area (Å²) in [7, 11) is 0. The highest BCUT2D eigenvalue weighted by molar-refractivity contribution is 5.94. The Morgan fingerprint density at radius 3 is 2.36 bits per heavy atom. The number of amides is 2. The third kappa shape index (κ3) is 5.13. The number of aromatic nitrogens is 1. The number of aliphatic hydroxyl groups is 1. The fourth-order valence-corrected chi connectivity index (χ4v) is 3.32. The maximum atomic E-state index is 13.3. The zero-order valence-electron chi connectivity index (χ0n) is 15.7. The van der Waals surface area contributed by atoms with E-state index in [1.807, 2.05) is 0 Å². The SMILES string of the molecule is C[C@H](O)C(=O)NC1CCC(NC(=O)c2ccc(-c3cccc(F)c3)nc2)CC1.